The van der Waals surface area contributed by atoms with E-state index in [1.807, 2.05) is 33.2 Å². The molecule has 1 saturated carbocycles. The largest absolute Gasteiger partial charge is 0.493 e. The van der Waals surface area contributed by atoms with Crippen molar-refractivity contribution >= 4 is 29.4 Å². The number of aliphatic carboxylic acids is 1. The Morgan fingerprint density at radius 2 is 1.82 bits per heavy atom. The second kappa shape index (κ2) is 12.3. The Morgan fingerprint density at radius 1 is 1.05 bits per heavy atom. The topological polar surface area (TPSA) is 150 Å². The monoisotopic (exact) mass is 554 g/mol. The molecule has 214 valence electrons. The van der Waals surface area contributed by atoms with Crippen molar-refractivity contribution in [2.75, 3.05) is 39.8 Å². The number of aromatic nitrogens is 2. The van der Waals surface area contributed by atoms with Crippen LogP contribution in [0.15, 0.2) is 23.3 Å². The number of carboxylic acids is 1. The molecule has 40 heavy (non-hydrogen) atoms. The fourth-order valence-electron chi connectivity index (χ4n) is 5.11. The minimum Gasteiger partial charge on any atom is -0.493 e. The Balaban J connectivity index is 1.71. The van der Waals surface area contributed by atoms with Gasteiger partial charge < -0.3 is 29.0 Å². The molecule has 1 fully saturated rings. The summed E-state index contributed by atoms with van der Waals surface area (Å²) in [4.78, 5) is 51.2. The van der Waals surface area contributed by atoms with Gasteiger partial charge in [0.1, 0.15) is 6.10 Å². The number of anilines is 1. The second-order valence-electron chi connectivity index (χ2n) is 9.82. The first-order valence-electron chi connectivity index (χ1n) is 13.1. The SMILES string of the molecule is CCOc1cc2c(cc1OC)C(c1cnc(N(C)C)nc1OC)=N[C@@H]1CC[C@@H](OC(=O)C(=O)CCC(=O)O)C[C@H]21. The summed E-state index contributed by atoms with van der Waals surface area (Å²) in [6, 6.07) is 3.68. The number of benzene rings is 1. The van der Waals surface area contributed by atoms with Crippen molar-refractivity contribution < 1.29 is 38.4 Å². The Bertz CT molecular complexity index is 1330. The lowest BCUT2D eigenvalue weighted by Gasteiger charge is -2.38. The van der Waals surface area contributed by atoms with Gasteiger partial charge in [0.05, 0.1) is 44.6 Å². The number of carbonyl (C=O) groups is 3. The number of Topliss-reactive ketones (excluding diaryl/α,β-unsaturated/α-hetero) is 1. The molecule has 4 rings (SSSR count). The molecule has 12 nitrogen and oxygen atoms in total. The van der Waals surface area contributed by atoms with Crippen LogP contribution >= 0.6 is 0 Å². The van der Waals surface area contributed by atoms with Crippen LogP contribution in [0.3, 0.4) is 0 Å². The van der Waals surface area contributed by atoms with Gasteiger partial charge in [0, 0.05) is 38.2 Å². The average molecular weight is 555 g/mol. The van der Waals surface area contributed by atoms with Crippen molar-refractivity contribution in [1.29, 1.82) is 0 Å². The third kappa shape index (κ3) is 6.00. The van der Waals surface area contributed by atoms with Gasteiger partial charge in [-0.25, -0.2) is 9.78 Å². The number of ketones is 1. The highest BCUT2D eigenvalue weighted by atomic mass is 16.5. The molecule has 0 amide bonds. The molecule has 2 aromatic rings. The van der Waals surface area contributed by atoms with Gasteiger partial charge in [-0.15, -0.1) is 0 Å². The number of carboxylic acid groups (broad SMARTS) is 1. The van der Waals surface area contributed by atoms with E-state index in [9.17, 15) is 14.4 Å². The van der Waals surface area contributed by atoms with Crippen molar-refractivity contribution in [3.8, 4) is 17.4 Å². The lowest BCUT2D eigenvalue weighted by Crippen LogP contribution is -2.37. The number of nitrogens with zero attached hydrogens (tertiary/aromatic N) is 4. The number of methoxy groups -OCH3 is 2. The van der Waals surface area contributed by atoms with Gasteiger partial charge in [0.2, 0.25) is 17.6 Å². The lowest BCUT2D eigenvalue weighted by molar-refractivity contribution is -0.159. The van der Waals surface area contributed by atoms with Crippen LogP contribution in [-0.4, -0.2) is 85.6 Å². The second-order valence-corrected chi connectivity index (χ2v) is 9.82. The van der Waals surface area contributed by atoms with Crippen molar-refractivity contribution in [2.24, 2.45) is 4.99 Å². The number of hydrogen-bond donors (Lipinski definition) is 1. The van der Waals surface area contributed by atoms with E-state index in [0.29, 0.717) is 60.5 Å². The van der Waals surface area contributed by atoms with Crippen LogP contribution in [0.1, 0.15) is 61.6 Å². The number of rotatable bonds is 11. The zero-order valence-corrected chi connectivity index (χ0v) is 23.3. The molecule has 3 atom stereocenters. The number of esters is 1. The van der Waals surface area contributed by atoms with Gasteiger partial charge in [-0.3, -0.25) is 14.6 Å². The van der Waals surface area contributed by atoms with Crippen LogP contribution in [-0.2, 0) is 19.1 Å². The molecule has 0 saturated heterocycles. The van der Waals surface area contributed by atoms with E-state index >= 15 is 0 Å². The Kier molecular flexibility index (Phi) is 8.86. The van der Waals surface area contributed by atoms with Crippen molar-refractivity contribution in [3.05, 3.63) is 35.0 Å². The number of fused-ring (bicyclic) bond motifs is 3. The molecule has 0 spiro atoms. The summed E-state index contributed by atoms with van der Waals surface area (Å²) in [5, 5.41) is 8.81. The summed E-state index contributed by atoms with van der Waals surface area (Å²) in [5.41, 5.74) is 3.04. The molecule has 12 heteroatoms. The fraction of sp³-hybridized carbons (Fsp3) is 0.500. The summed E-state index contributed by atoms with van der Waals surface area (Å²) < 4.78 is 22.7. The molecule has 1 aromatic heterocycles. The molecule has 0 unspecified atom stereocenters. The van der Waals surface area contributed by atoms with E-state index in [-0.39, 0.29) is 12.0 Å². The van der Waals surface area contributed by atoms with E-state index in [0.717, 1.165) is 11.1 Å². The molecule has 1 N–H and O–H groups in total. The summed E-state index contributed by atoms with van der Waals surface area (Å²) in [7, 11) is 6.81. The standard InChI is InChI=1S/C28H34N4O8/c1-6-39-23-12-16-17-11-15(40-27(36)21(33)9-10-24(34)35)7-8-20(17)30-25(18(16)13-22(23)37-4)19-14-29-28(32(2)3)31-26(19)38-5/h12-15,17,20H,6-11H2,1-5H3,(H,34,35)/t15-,17-,20-/m1/s1. The maximum absolute atomic E-state index is 12.4. The zero-order chi connectivity index (χ0) is 29.0. The predicted molar refractivity (Wildman–Crippen MR) is 145 cm³/mol. The van der Waals surface area contributed by atoms with E-state index in [1.54, 1.807) is 25.3 Å². The fourth-order valence-corrected chi connectivity index (χ4v) is 5.11. The smallest absolute Gasteiger partial charge is 0.374 e. The van der Waals surface area contributed by atoms with Gasteiger partial charge in [-0.2, -0.15) is 4.98 Å². The van der Waals surface area contributed by atoms with Crippen LogP contribution in [0.5, 0.6) is 17.4 Å². The van der Waals surface area contributed by atoms with Crippen LogP contribution in [0.4, 0.5) is 5.95 Å². The number of hydrogen-bond acceptors (Lipinski definition) is 11. The first-order valence-corrected chi connectivity index (χ1v) is 13.1. The minimum atomic E-state index is -1.15. The Hall–Kier alpha value is -4.22. The summed E-state index contributed by atoms with van der Waals surface area (Å²) >= 11 is 0. The summed E-state index contributed by atoms with van der Waals surface area (Å²) in [6.07, 6.45) is 1.93. The summed E-state index contributed by atoms with van der Waals surface area (Å²) in [5.74, 6) is -1.11. The van der Waals surface area contributed by atoms with Crippen molar-refractivity contribution in [3.63, 3.8) is 0 Å². The molecule has 0 radical (unpaired) electrons. The molecular formula is C28H34N4O8. The van der Waals surface area contributed by atoms with Crippen LogP contribution < -0.4 is 19.1 Å². The van der Waals surface area contributed by atoms with Crippen molar-refractivity contribution in [1.82, 2.24) is 9.97 Å². The van der Waals surface area contributed by atoms with Gasteiger partial charge in [-0.05, 0) is 43.9 Å². The highest BCUT2D eigenvalue weighted by Gasteiger charge is 2.40. The van der Waals surface area contributed by atoms with Crippen LogP contribution in [0, 0.1) is 0 Å². The van der Waals surface area contributed by atoms with E-state index in [2.05, 4.69) is 9.97 Å². The Labute approximate surface area is 232 Å². The average Bonchev–Trinajstić information content (AvgIpc) is 2.94. The molecule has 2 aliphatic rings. The van der Waals surface area contributed by atoms with Crippen LogP contribution in [0.25, 0.3) is 0 Å². The third-order valence-electron chi connectivity index (χ3n) is 7.01. The number of aliphatic imine (C=N–C) groups is 1. The Morgan fingerprint density at radius 3 is 2.48 bits per heavy atom. The maximum atomic E-state index is 12.4. The third-order valence-corrected chi connectivity index (χ3v) is 7.01. The quantitative estimate of drug-likeness (QED) is 0.323. The zero-order valence-electron chi connectivity index (χ0n) is 23.3. The highest BCUT2D eigenvalue weighted by molar-refractivity contribution is 6.33. The molecule has 1 aliphatic carbocycles. The van der Waals surface area contributed by atoms with Gasteiger partial charge >= 0.3 is 11.9 Å². The minimum absolute atomic E-state index is 0.127. The lowest BCUT2D eigenvalue weighted by atomic mass is 9.74. The molecule has 1 aliphatic heterocycles. The summed E-state index contributed by atoms with van der Waals surface area (Å²) in [6.45, 7) is 2.33. The van der Waals surface area contributed by atoms with E-state index < -0.39 is 36.7 Å². The van der Waals surface area contributed by atoms with E-state index in [1.165, 1.54) is 0 Å². The van der Waals surface area contributed by atoms with Gasteiger partial charge in [0.25, 0.3) is 0 Å². The first kappa shape index (κ1) is 28.8. The normalized spacial score (nSPS) is 19.4. The predicted octanol–water partition coefficient (Wildman–Crippen LogP) is 2.79. The van der Waals surface area contributed by atoms with E-state index in [4.69, 9.17) is 29.0 Å². The van der Waals surface area contributed by atoms with Crippen LogP contribution in [0.2, 0.25) is 0 Å². The molecular weight excluding hydrogens is 520 g/mol. The molecule has 2 heterocycles. The first-order chi connectivity index (χ1) is 19.2. The van der Waals surface area contributed by atoms with Gasteiger partial charge in [-0.1, -0.05) is 0 Å². The highest BCUT2D eigenvalue weighted by Crippen LogP contribution is 2.46. The van der Waals surface area contributed by atoms with Gasteiger partial charge in [0.15, 0.2) is 11.5 Å². The molecule has 1 aromatic carbocycles. The number of ether oxygens (including phenoxy) is 4. The maximum Gasteiger partial charge on any atom is 0.374 e. The molecule has 0 bridgehead atoms. The number of carbonyl (C=O) groups excluding carboxylic acids is 2. The van der Waals surface area contributed by atoms with Crippen molar-refractivity contribution in [2.45, 2.75) is 57.1 Å².